The number of carbonyl (C=O) groups is 2. The van der Waals surface area contributed by atoms with E-state index in [1.54, 1.807) is 0 Å². The van der Waals surface area contributed by atoms with Crippen molar-refractivity contribution < 1.29 is 27.1 Å². The number of halogens is 1. The Morgan fingerprint density at radius 3 is 2.02 bits per heavy atom. The summed E-state index contributed by atoms with van der Waals surface area (Å²) in [5.41, 5.74) is 1.99. The largest absolute Gasteiger partial charge is 0.484 e. The summed E-state index contributed by atoms with van der Waals surface area (Å²) in [6.07, 6.45) is 0.318. The minimum Gasteiger partial charge on any atom is -0.484 e. The van der Waals surface area contributed by atoms with Crippen LogP contribution in [0.25, 0.3) is 0 Å². The van der Waals surface area contributed by atoms with Gasteiger partial charge in [-0.05, 0) is 66.6 Å². The van der Waals surface area contributed by atoms with E-state index in [-0.39, 0.29) is 35.4 Å². The number of hydrogen-bond acceptors (Lipinski definition) is 5. The zero-order valence-corrected chi connectivity index (χ0v) is 23.9. The molecule has 0 bridgehead atoms. The van der Waals surface area contributed by atoms with Crippen LogP contribution in [0.3, 0.4) is 0 Å². The first-order chi connectivity index (χ1) is 20.2. The molecular weight excluding hydrogens is 557 g/mol. The van der Waals surface area contributed by atoms with Crippen molar-refractivity contribution in [1.82, 2.24) is 10.2 Å². The number of likely N-dealkylation sites (N-methyl/N-ethyl adjacent to an activating group) is 1. The van der Waals surface area contributed by atoms with Crippen LogP contribution in [0.4, 0.5) is 10.1 Å². The smallest absolute Gasteiger partial charge is 0.261 e. The minimum absolute atomic E-state index is 0.0321. The second-order valence-electron chi connectivity index (χ2n) is 9.48. The van der Waals surface area contributed by atoms with E-state index in [0.717, 1.165) is 23.3 Å². The Labute approximate surface area is 245 Å². The fourth-order valence-electron chi connectivity index (χ4n) is 4.30. The van der Waals surface area contributed by atoms with Crippen molar-refractivity contribution in [2.24, 2.45) is 0 Å². The number of sulfonamides is 1. The summed E-state index contributed by atoms with van der Waals surface area (Å²) in [5.74, 6) is -0.871. The Balaban J connectivity index is 1.50. The van der Waals surface area contributed by atoms with Gasteiger partial charge in [0.2, 0.25) is 5.91 Å². The molecule has 0 aromatic heterocycles. The second-order valence-corrected chi connectivity index (χ2v) is 11.2. The molecule has 0 aliphatic heterocycles. The number of rotatable bonds is 13. The lowest BCUT2D eigenvalue weighted by atomic mass is 10.0. The predicted octanol–water partition coefficient (Wildman–Crippen LogP) is 4.78. The summed E-state index contributed by atoms with van der Waals surface area (Å²) in [4.78, 5) is 28.3. The number of carbonyl (C=O) groups excluding carboxylic acids is 2. The minimum atomic E-state index is -3.93. The Morgan fingerprint density at radius 1 is 0.833 bits per heavy atom. The SMILES string of the molecule is CCNC(=O)C(Cc1ccccc1)N(Cc1ccccc1)C(=O)COc1ccc(S(=O)(=O)Nc2ccc(F)cc2)cc1. The van der Waals surface area contributed by atoms with Crippen LogP contribution in [0.5, 0.6) is 5.75 Å². The number of hydrogen-bond donors (Lipinski definition) is 2. The van der Waals surface area contributed by atoms with E-state index in [4.69, 9.17) is 4.74 Å². The summed E-state index contributed by atoms with van der Waals surface area (Å²) in [6, 6.07) is 28.6. The molecule has 4 rings (SSSR count). The van der Waals surface area contributed by atoms with Gasteiger partial charge in [0.25, 0.3) is 15.9 Å². The van der Waals surface area contributed by atoms with Crippen molar-refractivity contribution in [3.8, 4) is 5.75 Å². The van der Waals surface area contributed by atoms with Gasteiger partial charge in [-0.25, -0.2) is 12.8 Å². The van der Waals surface area contributed by atoms with Crippen molar-refractivity contribution in [1.29, 1.82) is 0 Å². The molecule has 1 atom stereocenters. The van der Waals surface area contributed by atoms with E-state index in [0.29, 0.717) is 13.0 Å². The van der Waals surface area contributed by atoms with Crippen molar-refractivity contribution in [3.05, 3.63) is 126 Å². The molecule has 4 aromatic rings. The zero-order valence-electron chi connectivity index (χ0n) is 23.1. The zero-order chi connectivity index (χ0) is 30.0. The van der Waals surface area contributed by atoms with Crippen LogP contribution in [0.15, 0.2) is 114 Å². The predicted molar refractivity (Wildman–Crippen MR) is 159 cm³/mol. The number of anilines is 1. The van der Waals surface area contributed by atoms with Gasteiger partial charge in [0.1, 0.15) is 17.6 Å². The van der Waals surface area contributed by atoms with E-state index in [1.807, 2.05) is 67.6 Å². The molecule has 1 unspecified atom stereocenters. The average Bonchev–Trinajstić information content (AvgIpc) is 3.00. The summed E-state index contributed by atoms with van der Waals surface area (Å²) >= 11 is 0. The lowest BCUT2D eigenvalue weighted by Crippen LogP contribution is -2.51. The van der Waals surface area contributed by atoms with Gasteiger partial charge in [-0.1, -0.05) is 60.7 Å². The first-order valence-electron chi connectivity index (χ1n) is 13.4. The summed E-state index contributed by atoms with van der Waals surface area (Å²) in [7, 11) is -3.93. The molecule has 0 radical (unpaired) electrons. The van der Waals surface area contributed by atoms with Crippen LogP contribution in [0.2, 0.25) is 0 Å². The first kappa shape index (κ1) is 30.3. The van der Waals surface area contributed by atoms with Gasteiger partial charge in [-0.15, -0.1) is 0 Å². The molecule has 0 spiro atoms. The fraction of sp³-hybridized carbons (Fsp3) is 0.188. The molecule has 0 aliphatic carbocycles. The fourth-order valence-corrected chi connectivity index (χ4v) is 5.36. The van der Waals surface area contributed by atoms with Gasteiger partial charge in [0.15, 0.2) is 6.61 Å². The number of ether oxygens (including phenoxy) is 1. The van der Waals surface area contributed by atoms with E-state index in [9.17, 15) is 22.4 Å². The van der Waals surface area contributed by atoms with Gasteiger partial charge >= 0.3 is 0 Å². The van der Waals surface area contributed by atoms with E-state index in [2.05, 4.69) is 10.0 Å². The third-order valence-electron chi connectivity index (χ3n) is 6.41. The highest BCUT2D eigenvalue weighted by atomic mass is 32.2. The van der Waals surface area contributed by atoms with Crippen LogP contribution < -0.4 is 14.8 Å². The van der Waals surface area contributed by atoms with Crippen LogP contribution in [-0.2, 0) is 32.6 Å². The van der Waals surface area contributed by atoms with Crippen molar-refractivity contribution in [3.63, 3.8) is 0 Å². The number of benzene rings is 4. The highest BCUT2D eigenvalue weighted by Gasteiger charge is 2.30. The molecule has 0 fully saturated rings. The Hall–Kier alpha value is -4.70. The molecule has 0 heterocycles. The summed E-state index contributed by atoms with van der Waals surface area (Å²) < 4.78 is 46.7. The van der Waals surface area contributed by atoms with E-state index >= 15 is 0 Å². The van der Waals surface area contributed by atoms with Crippen LogP contribution in [-0.4, -0.2) is 44.3 Å². The first-order valence-corrected chi connectivity index (χ1v) is 14.9. The Kier molecular flexibility index (Phi) is 10.3. The Morgan fingerprint density at radius 2 is 1.43 bits per heavy atom. The van der Waals surface area contributed by atoms with E-state index in [1.165, 1.54) is 41.3 Å². The normalized spacial score (nSPS) is 11.8. The highest BCUT2D eigenvalue weighted by molar-refractivity contribution is 7.92. The molecular formula is C32H32FN3O5S. The van der Waals surface area contributed by atoms with Gasteiger partial charge in [-0.3, -0.25) is 14.3 Å². The molecule has 2 N–H and O–H groups in total. The maximum atomic E-state index is 13.6. The molecule has 0 aliphatic rings. The molecule has 0 saturated carbocycles. The molecule has 8 nitrogen and oxygen atoms in total. The third-order valence-corrected chi connectivity index (χ3v) is 7.81. The third kappa shape index (κ3) is 8.40. The number of amides is 2. The van der Waals surface area contributed by atoms with Gasteiger partial charge in [0.05, 0.1) is 4.90 Å². The molecule has 4 aromatic carbocycles. The lowest BCUT2D eigenvalue weighted by Gasteiger charge is -2.31. The van der Waals surface area contributed by atoms with Gasteiger partial charge in [-0.2, -0.15) is 0 Å². The molecule has 0 saturated heterocycles. The maximum Gasteiger partial charge on any atom is 0.261 e. The van der Waals surface area contributed by atoms with Crippen LogP contribution in [0.1, 0.15) is 18.1 Å². The maximum absolute atomic E-state index is 13.6. The molecule has 10 heteroatoms. The monoisotopic (exact) mass is 589 g/mol. The quantitative estimate of drug-likeness (QED) is 0.234. The van der Waals surface area contributed by atoms with E-state index < -0.39 is 27.8 Å². The number of nitrogens with one attached hydrogen (secondary N) is 2. The van der Waals surface area contributed by atoms with Crippen molar-refractivity contribution in [2.75, 3.05) is 17.9 Å². The van der Waals surface area contributed by atoms with Gasteiger partial charge < -0.3 is 15.0 Å². The van der Waals surface area contributed by atoms with Crippen molar-refractivity contribution >= 4 is 27.5 Å². The van der Waals surface area contributed by atoms with Crippen LogP contribution >= 0.6 is 0 Å². The average molecular weight is 590 g/mol. The molecule has 42 heavy (non-hydrogen) atoms. The molecule has 218 valence electrons. The molecule has 2 amide bonds. The van der Waals surface area contributed by atoms with Gasteiger partial charge in [0, 0.05) is 25.2 Å². The topological polar surface area (TPSA) is 105 Å². The second kappa shape index (κ2) is 14.3. The van der Waals surface area contributed by atoms with Crippen molar-refractivity contribution in [2.45, 2.75) is 30.8 Å². The highest BCUT2D eigenvalue weighted by Crippen LogP contribution is 2.21. The summed E-state index contributed by atoms with van der Waals surface area (Å²) in [6.45, 7) is 2.07. The number of nitrogens with zero attached hydrogens (tertiary/aromatic N) is 1. The standard InChI is InChI=1S/C32H32FN3O5S/c1-2-34-32(38)30(21-24-9-5-3-6-10-24)36(22-25-11-7-4-8-12-25)31(37)23-41-28-17-19-29(20-18-28)42(39,40)35-27-15-13-26(33)14-16-27/h3-20,30,35H,2,21-23H2,1H3,(H,34,38). The summed E-state index contributed by atoms with van der Waals surface area (Å²) in [5, 5.41) is 2.85. The Bertz CT molecular complexity index is 1570. The van der Waals surface area contributed by atoms with Crippen LogP contribution in [0, 0.1) is 5.82 Å². The lowest BCUT2D eigenvalue weighted by molar-refractivity contribution is -0.142.